The molecular weight excluding hydrogens is 408 g/mol. The molecule has 2 heterocycles. The fourth-order valence-electron chi connectivity index (χ4n) is 3.29. The van der Waals surface area contributed by atoms with E-state index in [9.17, 15) is 13.2 Å². The molecule has 1 aliphatic heterocycles. The van der Waals surface area contributed by atoms with Gasteiger partial charge >= 0.3 is 0 Å². The third-order valence-corrected chi connectivity index (χ3v) is 7.73. The molecule has 0 saturated heterocycles. The van der Waals surface area contributed by atoms with Gasteiger partial charge in [-0.3, -0.25) is 9.63 Å². The average molecular weight is 429 g/mol. The second-order valence-corrected chi connectivity index (χ2v) is 9.50. The fraction of sp³-hybridized carbons (Fsp3) is 0.190. The van der Waals surface area contributed by atoms with Gasteiger partial charge in [0.1, 0.15) is 9.77 Å². The number of fused-ring (bicyclic) bond motifs is 1. The molecule has 6 nitrogen and oxygen atoms in total. The monoisotopic (exact) mass is 428 g/mol. The number of nitrogens with zero attached hydrogens (tertiary/aromatic N) is 1. The Labute approximate surface area is 173 Å². The van der Waals surface area contributed by atoms with E-state index >= 15 is 0 Å². The number of rotatable bonds is 6. The number of thiophene rings is 1. The van der Waals surface area contributed by atoms with Crippen LogP contribution in [0, 0.1) is 0 Å². The Hall–Kier alpha value is -2.52. The lowest BCUT2D eigenvalue weighted by atomic mass is 10.0. The van der Waals surface area contributed by atoms with Crippen LogP contribution in [-0.2, 0) is 34.4 Å². The molecule has 1 aliphatic rings. The zero-order valence-corrected chi connectivity index (χ0v) is 17.2. The fourth-order valence-corrected chi connectivity index (χ4v) is 5.99. The van der Waals surface area contributed by atoms with Crippen LogP contribution in [0.1, 0.15) is 26.4 Å². The number of benzene rings is 2. The van der Waals surface area contributed by atoms with E-state index in [0.717, 1.165) is 28.0 Å². The molecule has 0 bridgehead atoms. The topological polar surface area (TPSA) is 75.7 Å². The number of carbonyl (C=O) groups is 1. The van der Waals surface area contributed by atoms with Crippen molar-refractivity contribution in [3.05, 3.63) is 87.6 Å². The van der Waals surface area contributed by atoms with Crippen molar-refractivity contribution in [2.24, 2.45) is 0 Å². The molecule has 1 amide bonds. The molecule has 1 N–H and O–H groups in total. The minimum atomic E-state index is -3.79. The van der Waals surface area contributed by atoms with Gasteiger partial charge in [-0.05, 0) is 34.6 Å². The Balaban J connectivity index is 1.47. The molecule has 0 spiro atoms. The number of amides is 1. The van der Waals surface area contributed by atoms with Gasteiger partial charge in [0, 0.05) is 13.1 Å². The van der Waals surface area contributed by atoms with Crippen LogP contribution in [0.4, 0.5) is 0 Å². The van der Waals surface area contributed by atoms with E-state index in [-0.39, 0.29) is 16.4 Å². The summed E-state index contributed by atoms with van der Waals surface area (Å²) in [5.41, 5.74) is 5.41. The summed E-state index contributed by atoms with van der Waals surface area (Å²) in [6.07, 6.45) is 0.654. The summed E-state index contributed by atoms with van der Waals surface area (Å²) in [6.45, 7) is 0.892. The first-order valence-electron chi connectivity index (χ1n) is 9.16. The van der Waals surface area contributed by atoms with Crippen molar-refractivity contribution in [2.45, 2.75) is 24.5 Å². The molecule has 0 saturated carbocycles. The minimum absolute atomic E-state index is 0.0164. The first kappa shape index (κ1) is 19.8. The first-order chi connectivity index (χ1) is 14.1. The number of carbonyl (C=O) groups excluding carboxylic acids is 1. The molecule has 0 aliphatic carbocycles. The summed E-state index contributed by atoms with van der Waals surface area (Å²) in [7, 11) is -3.79. The standard InChI is InChI=1S/C21H20N2O4S2/c24-21(22-27-15-16-6-2-1-3-7-16)20-19(11-13-28-20)29(25,26)23-12-10-17-8-4-5-9-18(17)14-23/h1-9,11,13H,10,12,14-15H2,(H,22,24). The van der Waals surface area contributed by atoms with Crippen LogP contribution >= 0.6 is 11.3 Å². The van der Waals surface area contributed by atoms with E-state index in [1.165, 1.54) is 10.4 Å². The van der Waals surface area contributed by atoms with Gasteiger partial charge in [0.25, 0.3) is 5.91 Å². The van der Waals surface area contributed by atoms with Crippen molar-refractivity contribution in [3.8, 4) is 0 Å². The van der Waals surface area contributed by atoms with Crippen molar-refractivity contribution in [2.75, 3.05) is 6.54 Å². The molecule has 29 heavy (non-hydrogen) atoms. The summed E-state index contributed by atoms with van der Waals surface area (Å²) in [5, 5.41) is 1.61. The summed E-state index contributed by atoms with van der Waals surface area (Å²) in [4.78, 5) is 17.9. The first-order valence-corrected chi connectivity index (χ1v) is 11.5. The summed E-state index contributed by atoms with van der Waals surface area (Å²) >= 11 is 1.08. The van der Waals surface area contributed by atoms with E-state index in [1.54, 1.807) is 5.38 Å². The Morgan fingerprint density at radius 2 is 1.76 bits per heavy atom. The lowest BCUT2D eigenvalue weighted by Crippen LogP contribution is -2.36. The summed E-state index contributed by atoms with van der Waals surface area (Å²) in [5.74, 6) is -0.563. The Morgan fingerprint density at radius 3 is 2.55 bits per heavy atom. The van der Waals surface area contributed by atoms with E-state index < -0.39 is 15.9 Å². The van der Waals surface area contributed by atoms with Crippen molar-refractivity contribution in [1.82, 2.24) is 9.79 Å². The Kier molecular flexibility index (Phi) is 5.77. The van der Waals surface area contributed by atoms with E-state index in [0.29, 0.717) is 19.5 Å². The van der Waals surface area contributed by atoms with Crippen molar-refractivity contribution >= 4 is 27.3 Å². The van der Waals surface area contributed by atoms with Crippen LogP contribution in [0.2, 0.25) is 0 Å². The molecule has 0 radical (unpaired) electrons. The van der Waals surface area contributed by atoms with Crippen LogP contribution in [0.3, 0.4) is 0 Å². The van der Waals surface area contributed by atoms with Gasteiger partial charge in [-0.25, -0.2) is 13.9 Å². The molecule has 3 aromatic rings. The molecule has 8 heteroatoms. The largest absolute Gasteiger partial charge is 0.286 e. The quantitative estimate of drug-likeness (QED) is 0.611. The van der Waals surface area contributed by atoms with Crippen LogP contribution in [0.15, 0.2) is 70.9 Å². The highest BCUT2D eigenvalue weighted by atomic mass is 32.2. The van der Waals surface area contributed by atoms with Gasteiger partial charge < -0.3 is 0 Å². The SMILES string of the molecule is O=C(NOCc1ccccc1)c1sccc1S(=O)(=O)N1CCc2ccccc2C1. The Morgan fingerprint density at radius 1 is 1.03 bits per heavy atom. The number of hydrogen-bond donors (Lipinski definition) is 1. The van der Waals surface area contributed by atoms with Crippen molar-refractivity contribution in [1.29, 1.82) is 0 Å². The van der Waals surface area contributed by atoms with Gasteiger partial charge in [-0.1, -0.05) is 54.6 Å². The predicted molar refractivity (Wildman–Crippen MR) is 111 cm³/mol. The lowest BCUT2D eigenvalue weighted by Gasteiger charge is -2.28. The van der Waals surface area contributed by atoms with Crippen molar-refractivity contribution < 1.29 is 18.0 Å². The average Bonchev–Trinajstić information content (AvgIpc) is 3.25. The van der Waals surface area contributed by atoms with Gasteiger partial charge in [0.05, 0.1) is 6.61 Å². The highest BCUT2D eigenvalue weighted by molar-refractivity contribution is 7.89. The summed E-state index contributed by atoms with van der Waals surface area (Å²) in [6, 6.07) is 18.7. The number of sulfonamides is 1. The van der Waals surface area contributed by atoms with Crippen LogP contribution in [0.5, 0.6) is 0 Å². The number of hydrogen-bond acceptors (Lipinski definition) is 5. The zero-order chi connectivity index (χ0) is 20.3. The van der Waals surface area contributed by atoms with Gasteiger partial charge in [-0.2, -0.15) is 4.31 Å². The van der Waals surface area contributed by atoms with Crippen LogP contribution < -0.4 is 5.48 Å². The zero-order valence-electron chi connectivity index (χ0n) is 15.6. The van der Waals surface area contributed by atoms with E-state index in [2.05, 4.69) is 5.48 Å². The molecule has 0 unspecified atom stereocenters. The third-order valence-electron chi connectivity index (χ3n) is 4.80. The maximum Gasteiger partial charge on any atom is 0.286 e. The lowest BCUT2D eigenvalue weighted by molar-refractivity contribution is 0.0234. The maximum atomic E-state index is 13.2. The highest BCUT2D eigenvalue weighted by Gasteiger charge is 2.32. The maximum absolute atomic E-state index is 13.2. The normalized spacial score (nSPS) is 14.3. The molecule has 4 rings (SSSR count). The third kappa shape index (κ3) is 4.25. The smallest absolute Gasteiger partial charge is 0.269 e. The van der Waals surface area contributed by atoms with Gasteiger partial charge in [0.15, 0.2) is 0 Å². The highest BCUT2D eigenvalue weighted by Crippen LogP contribution is 2.29. The molecule has 150 valence electrons. The Bertz CT molecular complexity index is 1110. The van der Waals surface area contributed by atoms with E-state index in [1.807, 2.05) is 54.6 Å². The van der Waals surface area contributed by atoms with Gasteiger partial charge in [0.2, 0.25) is 10.0 Å². The molecule has 0 atom stereocenters. The molecule has 2 aromatic carbocycles. The van der Waals surface area contributed by atoms with Crippen LogP contribution in [-0.4, -0.2) is 25.2 Å². The van der Waals surface area contributed by atoms with Gasteiger partial charge in [-0.15, -0.1) is 11.3 Å². The predicted octanol–water partition coefficient (Wildman–Crippen LogP) is 3.36. The van der Waals surface area contributed by atoms with E-state index in [4.69, 9.17) is 4.84 Å². The molecule has 1 aromatic heterocycles. The molecule has 0 fully saturated rings. The van der Waals surface area contributed by atoms with Crippen LogP contribution in [0.25, 0.3) is 0 Å². The summed E-state index contributed by atoms with van der Waals surface area (Å²) < 4.78 is 27.8. The second-order valence-electron chi connectivity index (χ2n) is 6.68. The van der Waals surface area contributed by atoms with Crippen molar-refractivity contribution in [3.63, 3.8) is 0 Å². The minimum Gasteiger partial charge on any atom is -0.269 e. The number of hydroxylamine groups is 1. The number of nitrogens with one attached hydrogen (secondary N) is 1. The second kappa shape index (κ2) is 8.46. The molecular formula is C21H20N2O4S2.